The first-order chi connectivity index (χ1) is 4.93. The van der Waals surface area contributed by atoms with Crippen molar-refractivity contribution in [2.45, 2.75) is 38.5 Å². The summed E-state index contributed by atoms with van der Waals surface area (Å²) in [5.41, 5.74) is 0. The van der Waals surface area contributed by atoms with Crippen LogP contribution in [0.3, 0.4) is 0 Å². The highest BCUT2D eigenvalue weighted by atomic mass is 16.2. The summed E-state index contributed by atoms with van der Waals surface area (Å²) < 4.78 is 0. The summed E-state index contributed by atoms with van der Waals surface area (Å²) in [5.74, 6) is 0.820. The number of rotatable bonds is 3. The van der Waals surface area contributed by atoms with Gasteiger partial charge >= 0.3 is 0 Å². The van der Waals surface area contributed by atoms with Gasteiger partial charge in [0, 0.05) is 6.61 Å². The Morgan fingerprint density at radius 1 is 1.20 bits per heavy atom. The third-order valence-corrected chi connectivity index (χ3v) is 2.28. The molecule has 1 aliphatic rings. The highest BCUT2D eigenvalue weighted by Crippen LogP contribution is 2.26. The molecule has 1 heteroatoms. The molecule has 0 unspecified atom stereocenters. The average Bonchev–Trinajstić information content (AvgIpc) is 2.03. The maximum Gasteiger partial charge on any atom is 0.0433 e. The Hall–Kier alpha value is -0.0400. The Morgan fingerprint density at radius 2 is 1.90 bits per heavy atom. The van der Waals surface area contributed by atoms with Crippen LogP contribution >= 0.6 is 0 Å². The van der Waals surface area contributed by atoms with Crippen LogP contribution in [-0.2, 0) is 0 Å². The second kappa shape index (κ2) is 4.73. The molecule has 1 radical (unpaired) electrons. The Balaban J connectivity index is 2.02. The molecule has 0 atom stereocenters. The molecular formula is C9H17O. The largest absolute Gasteiger partial charge is 0.396 e. The van der Waals surface area contributed by atoms with Gasteiger partial charge in [-0.2, -0.15) is 0 Å². The lowest BCUT2D eigenvalue weighted by atomic mass is 9.86. The predicted molar refractivity (Wildman–Crippen MR) is 42.6 cm³/mol. The summed E-state index contributed by atoms with van der Waals surface area (Å²) in [6.45, 7) is 0.330. The van der Waals surface area contributed by atoms with Crippen molar-refractivity contribution in [2.75, 3.05) is 6.61 Å². The van der Waals surface area contributed by atoms with Crippen LogP contribution < -0.4 is 0 Å². The monoisotopic (exact) mass is 141 g/mol. The molecule has 10 heavy (non-hydrogen) atoms. The first-order valence-corrected chi connectivity index (χ1v) is 4.37. The van der Waals surface area contributed by atoms with Crippen LogP contribution in [0, 0.1) is 12.3 Å². The van der Waals surface area contributed by atoms with Gasteiger partial charge in [0.2, 0.25) is 0 Å². The van der Waals surface area contributed by atoms with E-state index in [9.17, 15) is 0 Å². The van der Waals surface area contributed by atoms with Gasteiger partial charge in [0.25, 0.3) is 0 Å². The van der Waals surface area contributed by atoms with Gasteiger partial charge in [0.15, 0.2) is 0 Å². The molecule has 1 aliphatic carbocycles. The molecule has 1 rings (SSSR count). The van der Waals surface area contributed by atoms with Crippen molar-refractivity contribution in [1.29, 1.82) is 0 Å². The Kier molecular flexibility index (Phi) is 3.81. The first kappa shape index (κ1) is 8.06. The van der Waals surface area contributed by atoms with Crippen molar-refractivity contribution in [3.63, 3.8) is 0 Å². The first-order valence-electron chi connectivity index (χ1n) is 4.37. The second-order valence-electron chi connectivity index (χ2n) is 3.15. The summed E-state index contributed by atoms with van der Waals surface area (Å²) in [4.78, 5) is 0. The molecule has 59 valence electrons. The van der Waals surface area contributed by atoms with E-state index >= 15 is 0 Å². The van der Waals surface area contributed by atoms with Crippen LogP contribution in [0.4, 0.5) is 0 Å². The van der Waals surface area contributed by atoms with Crippen molar-refractivity contribution in [2.24, 2.45) is 5.92 Å². The van der Waals surface area contributed by atoms with Gasteiger partial charge in [-0.15, -0.1) is 0 Å². The summed E-state index contributed by atoms with van der Waals surface area (Å²) >= 11 is 0. The van der Waals surface area contributed by atoms with E-state index in [1.165, 1.54) is 32.1 Å². The summed E-state index contributed by atoms with van der Waals surface area (Å²) in [5, 5.41) is 8.57. The number of aliphatic hydroxyl groups excluding tert-OH is 1. The lowest BCUT2D eigenvalue weighted by Gasteiger charge is -2.20. The fourth-order valence-corrected chi connectivity index (χ4v) is 1.68. The topological polar surface area (TPSA) is 20.2 Å². The second-order valence-corrected chi connectivity index (χ2v) is 3.15. The quantitative estimate of drug-likeness (QED) is 0.638. The van der Waals surface area contributed by atoms with E-state index in [0.29, 0.717) is 6.61 Å². The van der Waals surface area contributed by atoms with Gasteiger partial charge in [-0.05, 0) is 18.8 Å². The van der Waals surface area contributed by atoms with Gasteiger partial charge in [0.05, 0.1) is 0 Å². The molecule has 0 aromatic rings. The third-order valence-electron chi connectivity index (χ3n) is 2.28. The average molecular weight is 141 g/mol. The van der Waals surface area contributed by atoms with E-state index in [-0.39, 0.29) is 0 Å². The van der Waals surface area contributed by atoms with Crippen molar-refractivity contribution in [3.05, 3.63) is 6.42 Å². The zero-order valence-electron chi connectivity index (χ0n) is 6.55. The van der Waals surface area contributed by atoms with Crippen LogP contribution in [-0.4, -0.2) is 11.7 Å². The Bertz CT molecular complexity index is 74.8. The van der Waals surface area contributed by atoms with E-state index in [1.807, 2.05) is 0 Å². The molecular weight excluding hydrogens is 124 g/mol. The van der Waals surface area contributed by atoms with Gasteiger partial charge in [-0.25, -0.2) is 0 Å². The maximum atomic E-state index is 8.57. The zero-order valence-corrected chi connectivity index (χ0v) is 6.55. The van der Waals surface area contributed by atoms with Gasteiger partial charge in [0.1, 0.15) is 0 Å². The molecule has 0 aromatic heterocycles. The lowest BCUT2D eigenvalue weighted by molar-refractivity contribution is 0.285. The third kappa shape index (κ3) is 2.70. The fourth-order valence-electron chi connectivity index (χ4n) is 1.68. The Morgan fingerprint density at radius 3 is 2.50 bits per heavy atom. The van der Waals surface area contributed by atoms with Crippen LogP contribution in [0.2, 0.25) is 0 Å². The molecule has 0 amide bonds. The molecule has 1 nitrogen and oxygen atoms in total. The van der Waals surface area contributed by atoms with Gasteiger partial charge in [-0.3, -0.25) is 0 Å². The lowest BCUT2D eigenvalue weighted by Crippen LogP contribution is -2.07. The standard InChI is InChI=1S/C9H17O/c10-8-4-7-9-5-2-1-3-6-9/h7,9-10H,1-6,8H2. The molecule has 0 saturated heterocycles. The van der Waals surface area contributed by atoms with Crippen LogP contribution in [0.1, 0.15) is 38.5 Å². The predicted octanol–water partition coefficient (Wildman–Crippen LogP) is 2.15. The van der Waals surface area contributed by atoms with Crippen molar-refractivity contribution in [1.82, 2.24) is 0 Å². The van der Waals surface area contributed by atoms with Crippen LogP contribution in [0.25, 0.3) is 0 Å². The molecule has 1 fully saturated rings. The normalized spacial score (nSPS) is 21.3. The molecule has 1 N–H and O–H groups in total. The number of aliphatic hydroxyl groups is 1. The minimum atomic E-state index is 0.330. The van der Waals surface area contributed by atoms with E-state index in [4.69, 9.17) is 5.11 Å². The van der Waals surface area contributed by atoms with E-state index in [1.54, 1.807) is 0 Å². The smallest absolute Gasteiger partial charge is 0.0433 e. The van der Waals surface area contributed by atoms with Crippen molar-refractivity contribution >= 4 is 0 Å². The fraction of sp³-hybridized carbons (Fsp3) is 0.889. The SMILES string of the molecule is OCC[CH]C1CCCCC1. The van der Waals surface area contributed by atoms with Gasteiger partial charge < -0.3 is 5.11 Å². The molecule has 0 aliphatic heterocycles. The number of hydrogen-bond acceptors (Lipinski definition) is 1. The maximum absolute atomic E-state index is 8.57. The van der Waals surface area contributed by atoms with E-state index in [0.717, 1.165) is 12.3 Å². The van der Waals surface area contributed by atoms with Crippen LogP contribution in [0.5, 0.6) is 0 Å². The highest BCUT2D eigenvalue weighted by Gasteiger charge is 2.12. The molecule has 0 aromatic carbocycles. The summed E-state index contributed by atoms with van der Waals surface area (Å²) in [7, 11) is 0. The summed E-state index contributed by atoms with van der Waals surface area (Å²) in [6, 6.07) is 0. The van der Waals surface area contributed by atoms with Crippen molar-refractivity contribution in [3.8, 4) is 0 Å². The highest BCUT2D eigenvalue weighted by molar-refractivity contribution is 4.78. The minimum absolute atomic E-state index is 0.330. The van der Waals surface area contributed by atoms with Crippen molar-refractivity contribution < 1.29 is 5.11 Å². The molecule has 0 spiro atoms. The van der Waals surface area contributed by atoms with E-state index in [2.05, 4.69) is 6.42 Å². The summed E-state index contributed by atoms with van der Waals surface area (Å²) in [6.07, 6.45) is 10.1. The van der Waals surface area contributed by atoms with Gasteiger partial charge in [-0.1, -0.05) is 32.1 Å². The minimum Gasteiger partial charge on any atom is -0.396 e. The molecule has 0 heterocycles. The van der Waals surface area contributed by atoms with Crippen LogP contribution in [0.15, 0.2) is 0 Å². The van der Waals surface area contributed by atoms with E-state index < -0.39 is 0 Å². The Labute approximate surface area is 63.4 Å². The molecule has 1 saturated carbocycles. The number of hydrogen-bond donors (Lipinski definition) is 1. The zero-order chi connectivity index (χ0) is 7.23. The molecule has 0 bridgehead atoms.